The van der Waals surface area contributed by atoms with Gasteiger partial charge in [-0.15, -0.1) is 5.10 Å². The van der Waals surface area contributed by atoms with Crippen molar-refractivity contribution in [3.05, 3.63) is 59.3 Å². The third-order valence-electron chi connectivity index (χ3n) is 3.71. The molecule has 0 aliphatic heterocycles. The largest absolute Gasteiger partial charge is 0.346 e. The summed E-state index contributed by atoms with van der Waals surface area (Å²) in [6, 6.07) is 12.9. The number of rotatable bonds is 4. The van der Waals surface area contributed by atoms with Crippen molar-refractivity contribution in [1.29, 1.82) is 0 Å². The Morgan fingerprint density at radius 2 is 1.90 bits per heavy atom. The molecule has 0 aliphatic rings. The van der Waals surface area contributed by atoms with E-state index in [2.05, 4.69) is 53.5 Å². The van der Waals surface area contributed by atoms with Crippen molar-refractivity contribution in [3.63, 3.8) is 0 Å². The van der Waals surface area contributed by atoms with Crippen molar-refractivity contribution < 1.29 is 0 Å². The third-order valence-corrected chi connectivity index (χ3v) is 3.71. The maximum Gasteiger partial charge on any atom is 0.243 e. The Kier molecular flexibility index (Phi) is 3.60. The molecule has 0 aliphatic carbocycles. The van der Waals surface area contributed by atoms with Gasteiger partial charge in [0, 0.05) is 6.20 Å². The molecule has 0 saturated heterocycles. The number of anilines is 1. The first kappa shape index (κ1) is 13.6. The van der Waals surface area contributed by atoms with E-state index in [4.69, 9.17) is 0 Å². The van der Waals surface area contributed by atoms with E-state index < -0.39 is 0 Å². The van der Waals surface area contributed by atoms with E-state index in [9.17, 15) is 0 Å². The molecule has 4 heteroatoms. The average molecular weight is 280 g/mol. The van der Waals surface area contributed by atoms with Crippen molar-refractivity contribution in [3.8, 4) is 0 Å². The highest BCUT2D eigenvalue weighted by atomic mass is 15.3. The van der Waals surface area contributed by atoms with Gasteiger partial charge >= 0.3 is 0 Å². The van der Waals surface area contributed by atoms with Crippen molar-refractivity contribution in [2.24, 2.45) is 0 Å². The van der Waals surface area contributed by atoms with Crippen molar-refractivity contribution in [2.45, 2.75) is 33.2 Å². The Morgan fingerprint density at radius 1 is 1.14 bits per heavy atom. The average Bonchev–Trinajstić information content (AvgIpc) is 2.88. The SMILES string of the molecule is CCc1ccc(C(C)Nc2nc3ccc(C)cn3n2)cc1. The van der Waals surface area contributed by atoms with Gasteiger partial charge < -0.3 is 5.32 Å². The van der Waals surface area contributed by atoms with Crippen LogP contribution in [-0.4, -0.2) is 14.6 Å². The fourth-order valence-corrected chi connectivity index (χ4v) is 2.37. The summed E-state index contributed by atoms with van der Waals surface area (Å²) in [5.41, 5.74) is 4.62. The number of fused-ring (bicyclic) bond motifs is 1. The van der Waals surface area contributed by atoms with Crippen molar-refractivity contribution in [1.82, 2.24) is 14.6 Å². The van der Waals surface area contributed by atoms with Crippen LogP contribution in [-0.2, 0) is 6.42 Å². The Morgan fingerprint density at radius 3 is 2.62 bits per heavy atom. The molecular weight excluding hydrogens is 260 g/mol. The van der Waals surface area contributed by atoms with E-state index in [1.165, 1.54) is 16.7 Å². The van der Waals surface area contributed by atoms with Crippen LogP contribution in [0.4, 0.5) is 5.95 Å². The summed E-state index contributed by atoms with van der Waals surface area (Å²) >= 11 is 0. The molecule has 21 heavy (non-hydrogen) atoms. The van der Waals surface area contributed by atoms with Gasteiger partial charge in [-0.1, -0.05) is 37.3 Å². The minimum absolute atomic E-state index is 0.175. The Hall–Kier alpha value is -2.36. The van der Waals surface area contributed by atoms with Crippen LogP contribution in [0.25, 0.3) is 5.65 Å². The maximum absolute atomic E-state index is 4.49. The summed E-state index contributed by atoms with van der Waals surface area (Å²) in [5, 5.41) is 7.83. The number of nitrogens with zero attached hydrogens (tertiary/aromatic N) is 3. The van der Waals surface area contributed by atoms with E-state index in [0.29, 0.717) is 5.95 Å². The van der Waals surface area contributed by atoms with Crippen LogP contribution in [0.2, 0.25) is 0 Å². The second-order valence-electron chi connectivity index (χ2n) is 5.41. The zero-order valence-corrected chi connectivity index (χ0v) is 12.7. The minimum Gasteiger partial charge on any atom is -0.346 e. The van der Waals surface area contributed by atoms with E-state index in [1.807, 2.05) is 29.8 Å². The zero-order chi connectivity index (χ0) is 14.8. The summed E-state index contributed by atoms with van der Waals surface area (Å²) in [6.07, 6.45) is 3.05. The van der Waals surface area contributed by atoms with Gasteiger partial charge in [0.2, 0.25) is 5.95 Å². The molecule has 0 saturated carbocycles. The summed E-state index contributed by atoms with van der Waals surface area (Å²) < 4.78 is 1.81. The first-order valence-corrected chi connectivity index (χ1v) is 7.34. The van der Waals surface area contributed by atoms with Crippen LogP contribution in [0.5, 0.6) is 0 Å². The molecule has 3 aromatic rings. The predicted octanol–water partition coefficient (Wildman–Crippen LogP) is 3.77. The van der Waals surface area contributed by atoms with Gasteiger partial charge in [-0.2, -0.15) is 4.98 Å². The molecule has 1 aromatic carbocycles. The van der Waals surface area contributed by atoms with Crippen LogP contribution in [0, 0.1) is 6.92 Å². The quantitative estimate of drug-likeness (QED) is 0.791. The van der Waals surface area contributed by atoms with Crippen molar-refractivity contribution >= 4 is 11.6 Å². The molecule has 0 bridgehead atoms. The molecule has 1 unspecified atom stereocenters. The third kappa shape index (κ3) is 2.89. The van der Waals surface area contributed by atoms with Gasteiger partial charge in [0.1, 0.15) is 0 Å². The lowest BCUT2D eigenvalue weighted by Gasteiger charge is -2.13. The standard InChI is InChI=1S/C17H20N4/c1-4-14-6-8-15(9-7-14)13(3)18-17-19-16-10-5-12(2)11-21(16)20-17/h5-11,13H,4H2,1-3H3,(H,18,20). The monoisotopic (exact) mass is 280 g/mol. The Balaban J connectivity index is 1.79. The molecule has 2 heterocycles. The number of nitrogens with one attached hydrogen (secondary N) is 1. The van der Waals surface area contributed by atoms with Gasteiger partial charge in [0.25, 0.3) is 0 Å². The Labute approximate surface area is 124 Å². The van der Waals surface area contributed by atoms with Crippen LogP contribution in [0.15, 0.2) is 42.6 Å². The molecular formula is C17H20N4. The second-order valence-corrected chi connectivity index (χ2v) is 5.41. The molecule has 0 radical (unpaired) electrons. The fourth-order valence-electron chi connectivity index (χ4n) is 2.37. The number of hydrogen-bond acceptors (Lipinski definition) is 3. The van der Waals surface area contributed by atoms with Gasteiger partial charge in [0.15, 0.2) is 5.65 Å². The lowest BCUT2D eigenvalue weighted by atomic mass is 10.1. The maximum atomic E-state index is 4.49. The lowest BCUT2D eigenvalue weighted by Crippen LogP contribution is -2.08. The molecule has 108 valence electrons. The molecule has 3 rings (SSSR count). The van der Waals surface area contributed by atoms with Gasteiger partial charge in [-0.3, -0.25) is 0 Å². The summed E-state index contributed by atoms with van der Waals surface area (Å²) in [4.78, 5) is 4.49. The smallest absolute Gasteiger partial charge is 0.243 e. The topological polar surface area (TPSA) is 42.2 Å². The lowest BCUT2D eigenvalue weighted by molar-refractivity contribution is 0.851. The summed E-state index contributed by atoms with van der Waals surface area (Å²) in [5.74, 6) is 0.660. The molecule has 4 nitrogen and oxygen atoms in total. The highest BCUT2D eigenvalue weighted by molar-refractivity contribution is 5.45. The molecule has 0 amide bonds. The van der Waals surface area contributed by atoms with Crippen molar-refractivity contribution in [2.75, 3.05) is 5.32 Å². The number of pyridine rings is 1. The van der Waals surface area contributed by atoms with E-state index >= 15 is 0 Å². The summed E-state index contributed by atoms with van der Waals surface area (Å²) in [7, 11) is 0. The van der Waals surface area contributed by atoms with Gasteiger partial charge in [-0.05, 0) is 43.0 Å². The first-order valence-electron chi connectivity index (χ1n) is 7.34. The van der Waals surface area contributed by atoms with E-state index in [0.717, 1.165) is 12.1 Å². The zero-order valence-electron chi connectivity index (χ0n) is 12.7. The van der Waals surface area contributed by atoms with Gasteiger partial charge in [0.05, 0.1) is 6.04 Å². The molecule has 1 N–H and O–H groups in total. The predicted molar refractivity (Wildman–Crippen MR) is 85.6 cm³/mol. The number of benzene rings is 1. The van der Waals surface area contributed by atoms with Crippen LogP contribution < -0.4 is 5.32 Å². The molecule has 0 fully saturated rings. The number of aryl methyl sites for hydroxylation is 2. The normalized spacial score (nSPS) is 12.5. The molecule has 2 aromatic heterocycles. The molecule has 1 atom stereocenters. The Bertz CT molecular complexity index is 743. The second kappa shape index (κ2) is 5.56. The van der Waals surface area contributed by atoms with Gasteiger partial charge in [-0.25, -0.2) is 4.52 Å². The first-order chi connectivity index (χ1) is 10.2. The summed E-state index contributed by atoms with van der Waals surface area (Å²) in [6.45, 7) is 6.34. The van der Waals surface area contributed by atoms with E-state index in [-0.39, 0.29) is 6.04 Å². The minimum atomic E-state index is 0.175. The van der Waals surface area contributed by atoms with E-state index in [1.54, 1.807) is 0 Å². The highest BCUT2D eigenvalue weighted by Gasteiger charge is 2.09. The van der Waals surface area contributed by atoms with Crippen LogP contribution in [0.3, 0.4) is 0 Å². The van der Waals surface area contributed by atoms with Crippen LogP contribution >= 0.6 is 0 Å². The fraction of sp³-hybridized carbons (Fsp3) is 0.294. The van der Waals surface area contributed by atoms with Crippen LogP contribution in [0.1, 0.15) is 36.6 Å². The number of aromatic nitrogens is 3. The highest BCUT2D eigenvalue weighted by Crippen LogP contribution is 2.18. The molecule has 0 spiro atoms. The number of hydrogen-bond donors (Lipinski definition) is 1.